The van der Waals surface area contributed by atoms with Gasteiger partial charge in [0.15, 0.2) is 6.61 Å². The highest BCUT2D eigenvalue weighted by Crippen LogP contribution is 2.17. The Kier molecular flexibility index (Phi) is 6.48. The van der Waals surface area contributed by atoms with Gasteiger partial charge in [-0.25, -0.2) is 0 Å². The average Bonchev–Trinajstić information content (AvgIpc) is 3.07. The molecular weight excluding hydrogens is 338 g/mol. The number of carbonyl (C=O) groups is 3. The van der Waals surface area contributed by atoms with Crippen LogP contribution in [0.3, 0.4) is 0 Å². The van der Waals surface area contributed by atoms with E-state index in [0.29, 0.717) is 11.3 Å². The summed E-state index contributed by atoms with van der Waals surface area (Å²) in [6.07, 6.45) is 0. The quantitative estimate of drug-likeness (QED) is 0.732. The fourth-order valence-electron chi connectivity index (χ4n) is 1.95. The molecule has 2 N–H and O–H groups in total. The van der Waals surface area contributed by atoms with Gasteiger partial charge in [0.2, 0.25) is 5.88 Å². The summed E-state index contributed by atoms with van der Waals surface area (Å²) in [5.41, 5.74) is 2.17. The number of nitrogens with zero attached hydrogens (tertiary/aromatic N) is 1. The topological polar surface area (TPSA) is 111 Å². The molecule has 1 heterocycles. The first-order chi connectivity index (χ1) is 12.3. The fraction of sp³-hybridized carbons (Fsp3) is 0.333. The van der Waals surface area contributed by atoms with E-state index in [1.54, 1.807) is 30.3 Å². The van der Waals surface area contributed by atoms with Gasteiger partial charge >= 0.3 is 5.97 Å². The van der Waals surface area contributed by atoms with Crippen LogP contribution in [0.5, 0.6) is 0 Å². The number of ether oxygens (including phenoxy) is 1. The molecule has 2 aromatic rings. The maximum Gasteiger partial charge on any atom is 0.325 e. The van der Waals surface area contributed by atoms with Crippen molar-refractivity contribution >= 4 is 23.7 Å². The molecule has 26 heavy (non-hydrogen) atoms. The average molecular weight is 359 g/mol. The molecule has 0 radical (unpaired) electrons. The molecule has 0 aliphatic rings. The first-order valence-electron chi connectivity index (χ1n) is 8.12. The highest BCUT2D eigenvalue weighted by Gasteiger charge is 2.13. The monoisotopic (exact) mass is 359 g/mol. The van der Waals surface area contributed by atoms with Crippen molar-refractivity contribution in [3.63, 3.8) is 0 Å². The Labute approximate surface area is 150 Å². The van der Waals surface area contributed by atoms with Gasteiger partial charge in [-0.3, -0.25) is 19.7 Å². The lowest BCUT2D eigenvalue weighted by atomic mass is 10.1. The van der Waals surface area contributed by atoms with E-state index in [1.165, 1.54) is 0 Å². The van der Waals surface area contributed by atoms with Crippen molar-refractivity contribution in [1.82, 2.24) is 10.5 Å². The second-order valence-electron chi connectivity index (χ2n) is 6.03. The van der Waals surface area contributed by atoms with Crippen LogP contribution in [0, 0.1) is 6.92 Å². The number of esters is 1. The highest BCUT2D eigenvalue weighted by molar-refractivity contribution is 5.96. The number of nitrogens with one attached hydrogen (secondary N) is 2. The van der Waals surface area contributed by atoms with Gasteiger partial charge in [0.25, 0.3) is 11.8 Å². The number of anilines is 1. The van der Waals surface area contributed by atoms with Gasteiger partial charge in [0, 0.05) is 11.6 Å². The molecule has 0 spiro atoms. The van der Waals surface area contributed by atoms with Crippen LogP contribution in [-0.4, -0.2) is 36.1 Å². The summed E-state index contributed by atoms with van der Waals surface area (Å²) in [5.74, 6) is -1.33. The molecule has 0 aliphatic carbocycles. The molecule has 138 valence electrons. The standard InChI is InChI=1S/C18H21N3O5/c1-11(2)14-8-16(26-21-14)20-15(22)10-25-17(23)9-19-18(24)13-6-4-12(3)5-7-13/h4-8,11H,9-10H2,1-3H3,(H,19,24)(H,20,22). The molecule has 2 amide bonds. The minimum atomic E-state index is -0.721. The lowest BCUT2D eigenvalue weighted by molar-refractivity contribution is -0.146. The largest absolute Gasteiger partial charge is 0.454 e. The molecule has 8 nitrogen and oxygen atoms in total. The number of rotatable bonds is 7. The minimum Gasteiger partial charge on any atom is -0.454 e. The molecule has 0 bridgehead atoms. The van der Waals surface area contributed by atoms with Crippen molar-refractivity contribution in [2.24, 2.45) is 0 Å². The number of aryl methyl sites for hydroxylation is 1. The Balaban J connectivity index is 1.71. The molecule has 0 unspecified atom stereocenters. The summed E-state index contributed by atoms with van der Waals surface area (Å²) in [5, 5.41) is 8.67. The third kappa shape index (κ3) is 5.73. The van der Waals surface area contributed by atoms with Gasteiger partial charge in [0.05, 0.1) is 5.69 Å². The second kappa shape index (κ2) is 8.80. The van der Waals surface area contributed by atoms with Crippen molar-refractivity contribution in [3.05, 3.63) is 47.2 Å². The molecule has 0 fully saturated rings. The Morgan fingerprint density at radius 1 is 1.19 bits per heavy atom. The van der Waals surface area contributed by atoms with Crippen LogP contribution in [-0.2, 0) is 14.3 Å². The normalized spacial score (nSPS) is 10.5. The van der Waals surface area contributed by atoms with E-state index in [1.807, 2.05) is 20.8 Å². The molecule has 1 aromatic carbocycles. The van der Waals surface area contributed by atoms with E-state index in [2.05, 4.69) is 15.8 Å². The molecule has 2 rings (SSSR count). The Hall–Kier alpha value is -3.16. The van der Waals surface area contributed by atoms with Gasteiger partial charge in [-0.2, -0.15) is 0 Å². The van der Waals surface area contributed by atoms with Crippen LogP contribution in [0.4, 0.5) is 5.88 Å². The second-order valence-corrected chi connectivity index (χ2v) is 6.03. The van der Waals surface area contributed by atoms with E-state index in [4.69, 9.17) is 9.26 Å². The molecule has 1 aromatic heterocycles. The first kappa shape index (κ1) is 19.2. The van der Waals surface area contributed by atoms with Gasteiger partial charge in [0.1, 0.15) is 6.54 Å². The maximum atomic E-state index is 11.9. The number of hydrogen-bond acceptors (Lipinski definition) is 6. The number of carbonyl (C=O) groups excluding carboxylic acids is 3. The van der Waals surface area contributed by atoms with E-state index in [0.717, 1.165) is 5.56 Å². The molecule has 0 saturated carbocycles. The zero-order valence-electron chi connectivity index (χ0n) is 14.9. The predicted molar refractivity (Wildman–Crippen MR) is 93.7 cm³/mol. The summed E-state index contributed by atoms with van der Waals surface area (Å²) >= 11 is 0. The van der Waals surface area contributed by atoms with E-state index < -0.39 is 24.4 Å². The van der Waals surface area contributed by atoms with Gasteiger partial charge in [-0.15, -0.1) is 0 Å². The Morgan fingerprint density at radius 2 is 1.88 bits per heavy atom. The van der Waals surface area contributed by atoms with Gasteiger partial charge < -0.3 is 14.6 Å². The van der Waals surface area contributed by atoms with Gasteiger partial charge in [-0.05, 0) is 25.0 Å². The summed E-state index contributed by atoms with van der Waals surface area (Å²) < 4.78 is 9.77. The summed E-state index contributed by atoms with van der Waals surface area (Å²) in [7, 11) is 0. The number of hydrogen-bond donors (Lipinski definition) is 2. The van der Waals surface area contributed by atoms with Crippen LogP contribution in [0.25, 0.3) is 0 Å². The van der Waals surface area contributed by atoms with Crippen molar-refractivity contribution in [2.45, 2.75) is 26.7 Å². The van der Waals surface area contributed by atoms with Crippen LogP contribution in [0.1, 0.15) is 41.4 Å². The zero-order chi connectivity index (χ0) is 19.1. The summed E-state index contributed by atoms with van der Waals surface area (Å²) in [4.78, 5) is 35.2. The smallest absolute Gasteiger partial charge is 0.325 e. The molecule has 0 atom stereocenters. The zero-order valence-corrected chi connectivity index (χ0v) is 14.9. The third-order valence-corrected chi connectivity index (χ3v) is 3.45. The Morgan fingerprint density at radius 3 is 2.50 bits per heavy atom. The Bertz CT molecular complexity index is 780. The highest BCUT2D eigenvalue weighted by atomic mass is 16.5. The van der Waals surface area contributed by atoms with Crippen LogP contribution in [0.15, 0.2) is 34.9 Å². The molecule has 0 aliphatic heterocycles. The molecule has 0 saturated heterocycles. The maximum absolute atomic E-state index is 11.9. The SMILES string of the molecule is Cc1ccc(C(=O)NCC(=O)OCC(=O)Nc2cc(C(C)C)no2)cc1. The molecular formula is C18H21N3O5. The summed E-state index contributed by atoms with van der Waals surface area (Å²) in [6.45, 7) is 4.97. The van der Waals surface area contributed by atoms with Gasteiger partial charge in [-0.1, -0.05) is 36.7 Å². The predicted octanol–water partition coefficient (Wildman–Crippen LogP) is 2.02. The van der Waals surface area contributed by atoms with Crippen molar-refractivity contribution < 1.29 is 23.6 Å². The van der Waals surface area contributed by atoms with Crippen LogP contribution >= 0.6 is 0 Å². The number of amides is 2. The number of aromatic nitrogens is 1. The number of benzene rings is 1. The minimum absolute atomic E-state index is 0.166. The van der Waals surface area contributed by atoms with Crippen LogP contribution in [0.2, 0.25) is 0 Å². The fourth-order valence-corrected chi connectivity index (χ4v) is 1.95. The molecule has 8 heteroatoms. The van der Waals surface area contributed by atoms with E-state index in [-0.39, 0.29) is 18.3 Å². The first-order valence-corrected chi connectivity index (χ1v) is 8.12. The van der Waals surface area contributed by atoms with Crippen LogP contribution < -0.4 is 10.6 Å². The van der Waals surface area contributed by atoms with E-state index in [9.17, 15) is 14.4 Å². The van der Waals surface area contributed by atoms with Crippen molar-refractivity contribution in [2.75, 3.05) is 18.5 Å². The summed E-state index contributed by atoms with van der Waals surface area (Å²) in [6, 6.07) is 8.52. The van der Waals surface area contributed by atoms with Crippen molar-refractivity contribution in [1.29, 1.82) is 0 Å². The lowest BCUT2D eigenvalue weighted by Crippen LogP contribution is -2.32. The van der Waals surface area contributed by atoms with Crippen molar-refractivity contribution in [3.8, 4) is 0 Å². The third-order valence-electron chi connectivity index (χ3n) is 3.45. The van der Waals surface area contributed by atoms with E-state index >= 15 is 0 Å². The lowest BCUT2D eigenvalue weighted by Gasteiger charge is -2.06.